The Morgan fingerprint density at radius 2 is 1.83 bits per heavy atom. The Labute approximate surface area is 137 Å². The minimum absolute atomic E-state index is 0.499. The number of ether oxygens (including phenoxy) is 2. The summed E-state index contributed by atoms with van der Waals surface area (Å²) >= 11 is 0. The van der Waals surface area contributed by atoms with Crippen LogP contribution in [0.3, 0.4) is 0 Å². The Balaban J connectivity index is 1.83. The molecule has 1 aromatic carbocycles. The number of hydrogen-bond acceptors (Lipinski definition) is 8. The standard InChI is InChI=1S/C15H19N3O6/c1-23-9-4-2-8(3-5-9)10-6-18(17-16-10)15-14(22)13(21)12(20)11(7-19)24-15/h2-6,11-15,19-22H,7H2,1H3/t11-,12+,13+,14-,15-/m1/s1. The molecule has 1 aromatic heterocycles. The summed E-state index contributed by atoms with van der Waals surface area (Å²) in [5, 5.41) is 46.9. The maximum absolute atomic E-state index is 10.1. The zero-order chi connectivity index (χ0) is 17.3. The molecule has 3 rings (SSSR count). The minimum atomic E-state index is -1.46. The van der Waals surface area contributed by atoms with Gasteiger partial charge in [-0.15, -0.1) is 5.10 Å². The Morgan fingerprint density at radius 3 is 2.46 bits per heavy atom. The van der Waals surface area contributed by atoms with Crippen LogP contribution in [0.15, 0.2) is 30.5 Å². The van der Waals surface area contributed by atoms with E-state index >= 15 is 0 Å². The maximum Gasteiger partial charge on any atom is 0.180 e. The van der Waals surface area contributed by atoms with Crippen LogP contribution in [-0.4, -0.2) is 73.6 Å². The normalized spacial score (nSPS) is 30.3. The van der Waals surface area contributed by atoms with Crippen LogP contribution >= 0.6 is 0 Å². The first-order valence-electron chi connectivity index (χ1n) is 7.42. The first kappa shape index (κ1) is 16.8. The van der Waals surface area contributed by atoms with Crippen molar-refractivity contribution in [3.8, 4) is 17.0 Å². The lowest BCUT2D eigenvalue weighted by Gasteiger charge is -2.39. The van der Waals surface area contributed by atoms with Crippen molar-refractivity contribution < 1.29 is 29.9 Å². The lowest BCUT2D eigenvalue weighted by Crippen LogP contribution is -2.56. The second kappa shape index (κ2) is 6.83. The lowest BCUT2D eigenvalue weighted by atomic mass is 9.98. The van der Waals surface area contributed by atoms with Gasteiger partial charge in [-0.05, 0) is 24.3 Å². The molecule has 130 valence electrons. The summed E-state index contributed by atoms with van der Waals surface area (Å²) in [4.78, 5) is 0. The Bertz CT molecular complexity index is 674. The zero-order valence-electron chi connectivity index (χ0n) is 12.9. The van der Waals surface area contributed by atoms with Gasteiger partial charge in [-0.1, -0.05) is 5.21 Å². The van der Waals surface area contributed by atoms with Gasteiger partial charge >= 0.3 is 0 Å². The minimum Gasteiger partial charge on any atom is -0.497 e. The Morgan fingerprint density at radius 1 is 1.12 bits per heavy atom. The van der Waals surface area contributed by atoms with E-state index in [0.717, 1.165) is 5.56 Å². The monoisotopic (exact) mass is 337 g/mol. The summed E-state index contributed by atoms with van der Waals surface area (Å²) in [6, 6.07) is 7.17. The third-order valence-electron chi connectivity index (χ3n) is 4.02. The summed E-state index contributed by atoms with van der Waals surface area (Å²) < 4.78 is 11.8. The van der Waals surface area contributed by atoms with E-state index in [4.69, 9.17) is 9.47 Å². The summed E-state index contributed by atoms with van der Waals surface area (Å²) in [7, 11) is 1.57. The molecule has 9 heteroatoms. The maximum atomic E-state index is 10.1. The van der Waals surface area contributed by atoms with Gasteiger partial charge in [0.15, 0.2) is 6.23 Å². The summed E-state index contributed by atoms with van der Waals surface area (Å²) in [6.45, 7) is -0.499. The third-order valence-corrected chi connectivity index (χ3v) is 4.02. The van der Waals surface area contributed by atoms with Gasteiger partial charge in [0.2, 0.25) is 0 Å². The Hall–Kier alpha value is -2.04. The first-order chi connectivity index (χ1) is 11.5. The topological polar surface area (TPSA) is 130 Å². The molecule has 1 fully saturated rings. The highest BCUT2D eigenvalue weighted by Gasteiger charge is 2.44. The van der Waals surface area contributed by atoms with Crippen molar-refractivity contribution in [3.05, 3.63) is 30.5 Å². The Kier molecular flexibility index (Phi) is 4.78. The van der Waals surface area contributed by atoms with Crippen LogP contribution < -0.4 is 4.74 Å². The third kappa shape index (κ3) is 2.99. The molecule has 0 radical (unpaired) electrons. The van der Waals surface area contributed by atoms with Gasteiger partial charge in [0.25, 0.3) is 0 Å². The van der Waals surface area contributed by atoms with Gasteiger partial charge in [0.1, 0.15) is 35.9 Å². The molecule has 0 amide bonds. The van der Waals surface area contributed by atoms with Gasteiger partial charge in [-0.2, -0.15) is 0 Å². The number of aromatic nitrogens is 3. The highest BCUT2D eigenvalue weighted by atomic mass is 16.6. The van der Waals surface area contributed by atoms with E-state index in [0.29, 0.717) is 11.4 Å². The quantitative estimate of drug-likeness (QED) is 0.555. The summed E-state index contributed by atoms with van der Waals surface area (Å²) in [5.41, 5.74) is 1.32. The smallest absolute Gasteiger partial charge is 0.180 e. The average Bonchev–Trinajstić information content (AvgIpc) is 3.10. The second-order valence-corrected chi connectivity index (χ2v) is 5.53. The first-order valence-corrected chi connectivity index (χ1v) is 7.42. The molecule has 0 aliphatic carbocycles. The average molecular weight is 337 g/mol. The van der Waals surface area contributed by atoms with E-state index in [1.54, 1.807) is 37.6 Å². The molecule has 1 saturated heterocycles. The predicted octanol–water partition coefficient (Wildman–Crippen LogP) is -1.07. The SMILES string of the molecule is COc1ccc(-c2cn([C@@H]3O[C@H](CO)[C@H](O)[C@H](O)[C@H]3O)nn2)cc1. The highest BCUT2D eigenvalue weighted by molar-refractivity contribution is 5.58. The number of benzene rings is 1. The van der Waals surface area contributed by atoms with Gasteiger partial charge in [0, 0.05) is 5.56 Å². The molecular formula is C15H19N3O6. The molecule has 0 unspecified atom stereocenters. The molecular weight excluding hydrogens is 318 g/mol. The second-order valence-electron chi connectivity index (χ2n) is 5.53. The number of aliphatic hydroxyl groups is 4. The number of hydrogen-bond donors (Lipinski definition) is 4. The molecule has 0 spiro atoms. The van der Waals surface area contributed by atoms with Crippen LogP contribution in [0.5, 0.6) is 5.75 Å². The van der Waals surface area contributed by atoms with Crippen LogP contribution in [0.4, 0.5) is 0 Å². The lowest BCUT2D eigenvalue weighted by molar-refractivity contribution is -0.254. The van der Waals surface area contributed by atoms with E-state index in [9.17, 15) is 20.4 Å². The largest absolute Gasteiger partial charge is 0.497 e. The van der Waals surface area contributed by atoms with Gasteiger partial charge < -0.3 is 29.9 Å². The van der Waals surface area contributed by atoms with E-state index < -0.39 is 37.3 Å². The molecule has 0 bridgehead atoms. The van der Waals surface area contributed by atoms with Gasteiger partial charge in [-0.3, -0.25) is 0 Å². The van der Waals surface area contributed by atoms with Crippen molar-refractivity contribution >= 4 is 0 Å². The molecule has 2 heterocycles. The number of methoxy groups -OCH3 is 1. The van der Waals surface area contributed by atoms with E-state index in [1.807, 2.05) is 0 Å². The molecule has 0 saturated carbocycles. The molecule has 1 aliphatic heterocycles. The van der Waals surface area contributed by atoms with Crippen LogP contribution in [0, 0.1) is 0 Å². The van der Waals surface area contributed by atoms with Crippen molar-refractivity contribution in [2.24, 2.45) is 0 Å². The fraction of sp³-hybridized carbons (Fsp3) is 0.467. The van der Waals surface area contributed by atoms with Crippen molar-refractivity contribution in [2.45, 2.75) is 30.6 Å². The van der Waals surface area contributed by atoms with Crippen molar-refractivity contribution in [2.75, 3.05) is 13.7 Å². The molecule has 1 aliphatic rings. The molecule has 4 N–H and O–H groups in total. The molecule has 24 heavy (non-hydrogen) atoms. The van der Waals surface area contributed by atoms with Gasteiger partial charge in [-0.25, -0.2) is 4.68 Å². The summed E-state index contributed by atoms with van der Waals surface area (Å²) in [6.07, 6.45) is -4.80. The van der Waals surface area contributed by atoms with E-state index in [1.165, 1.54) is 4.68 Å². The molecule has 5 atom stereocenters. The number of aliphatic hydroxyl groups excluding tert-OH is 4. The number of rotatable bonds is 4. The molecule has 2 aromatic rings. The number of nitrogens with zero attached hydrogens (tertiary/aromatic N) is 3. The van der Waals surface area contributed by atoms with Crippen LogP contribution in [-0.2, 0) is 4.74 Å². The predicted molar refractivity (Wildman–Crippen MR) is 81.0 cm³/mol. The van der Waals surface area contributed by atoms with Crippen molar-refractivity contribution in [1.82, 2.24) is 15.0 Å². The van der Waals surface area contributed by atoms with E-state index in [2.05, 4.69) is 10.3 Å². The van der Waals surface area contributed by atoms with E-state index in [-0.39, 0.29) is 0 Å². The molecule has 9 nitrogen and oxygen atoms in total. The van der Waals surface area contributed by atoms with Crippen LogP contribution in [0.25, 0.3) is 11.3 Å². The van der Waals surface area contributed by atoms with Gasteiger partial charge in [0.05, 0.1) is 19.9 Å². The zero-order valence-corrected chi connectivity index (χ0v) is 12.9. The van der Waals surface area contributed by atoms with Crippen molar-refractivity contribution in [1.29, 1.82) is 0 Å². The van der Waals surface area contributed by atoms with Crippen LogP contribution in [0.2, 0.25) is 0 Å². The fourth-order valence-corrected chi connectivity index (χ4v) is 2.60. The fourth-order valence-electron chi connectivity index (χ4n) is 2.60. The summed E-state index contributed by atoms with van der Waals surface area (Å²) in [5.74, 6) is 0.708. The van der Waals surface area contributed by atoms with Crippen LogP contribution in [0.1, 0.15) is 6.23 Å². The highest BCUT2D eigenvalue weighted by Crippen LogP contribution is 2.29. The van der Waals surface area contributed by atoms with Crippen molar-refractivity contribution in [3.63, 3.8) is 0 Å².